The number of nitrogens with one attached hydrogen (secondary N) is 2. The number of hydrogen-bond donors (Lipinski definition) is 3. The molecule has 7 nitrogen and oxygen atoms in total. The highest BCUT2D eigenvalue weighted by Crippen LogP contribution is 2.25. The van der Waals surface area contributed by atoms with Gasteiger partial charge in [0.2, 0.25) is 10.0 Å². The van der Waals surface area contributed by atoms with Gasteiger partial charge in [0.1, 0.15) is 12.0 Å². The lowest BCUT2D eigenvalue weighted by molar-refractivity contribution is 0.0945. The molecule has 0 aliphatic heterocycles. The van der Waals surface area contributed by atoms with Crippen LogP contribution in [-0.4, -0.2) is 33.2 Å². The number of nitrogens with two attached hydrogens (primary N) is 1. The minimum Gasteiger partial charge on any atom is -0.467 e. The molecule has 0 spiro atoms. The van der Waals surface area contributed by atoms with E-state index in [1.54, 1.807) is 6.07 Å². The maximum absolute atomic E-state index is 12.0. The van der Waals surface area contributed by atoms with Crippen LogP contribution in [-0.2, 0) is 16.6 Å². The van der Waals surface area contributed by atoms with Crippen molar-refractivity contribution in [1.29, 1.82) is 0 Å². The highest BCUT2D eigenvalue weighted by molar-refractivity contribution is 7.88. The van der Waals surface area contributed by atoms with Gasteiger partial charge < -0.3 is 15.5 Å². The Kier molecular flexibility index (Phi) is 6.86. The normalized spacial score (nSPS) is 21.4. The number of rotatable bonds is 6. The summed E-state index contributed by atoms with van der Waals surface area (Å²) in [7, 11) is -3.22. The first kappa shape index (κ1) is 19.0. The summed E-state index contributed by atoms with van der Waals surface area (Å²) in [6, 6.07) is 1.50. The van der Waals surface area contributed by atoms with Gasteiger partial charge in [0.25, 0.3) is 5.91 Å². The van der Waals surface area contributed by atoms with Gasteiger partial charge in [-0.05, 0) is 24.8 Å². The molecule has 1 heterocycles. The summed E-state index contributed by atoms with van der Waals surface area (Å²) in [4.78, 5) is 12.0. The maximum Gasteiger partial charge on any atom is 0.254 e. The summed E-state index contributed by atoms with van der Waals surface area (Å²) in [5.41, 5.74) is 5.85. The topological polar surface area (TPSA) is 114 Å². The van der Waals surface area contributed by atoms with E-state index in [0.29, 0.717) is 17.9 Å². The van der Waals surface area contributed by atoms with E-state index in [1.165, 1.54) is 6.26 Å². The molecule has 9 heteroatoms. The Labute approximate surface area is 136 Å². The van der Waals surface area contributed by atoms with Gasteiger partial charge in [-0.3, -0.25) is 4.79 Å². The average Bonchev–Trinajstić information content (AvgIpc) is 3.03. The second-order valence-electron chi connectivity index (χ2n) is 5.40. The Morgan fingerprint density at radius 1 is 1.45 bits per heavy atom. The molecule has 1 aliphatic carbocycles. The third-order valence-corrected chi connectivity index (χ3v) is 4.40. The molecule has 1 amide bonds. The number of hydrogen-bond acceptors (Lipinski definition) is 5. The second kappa shape index (κ2) is 7.96. The van der Waals surface area contributed by atoms with Gasteiger partial charge in [0.05, 0.1) is 18.4 Å². The molecule has 1 aromatic rings. The zero-order valence-corrected chi connectivity index (χ0v) is 14.0. The van der Waals surface area contributed by atoms with Crippen molar-refractivity contribution in [2.24, 2.45) is 11.7 Å². The number of sulfonamides is 1. The summed E-state index contributed by atoms with van der Waals surface area (Å²) in [5, 5.41) is 2.82. The summed E-state index contributed by atoms with van der Waals surface area (Å²) in [5.74, 6) is 0.436. The molecule has 4 N–H and O–H groups in total. The zero-order valence-electron chi connectivity index (χ0n) is 12.4. The first-order valence-corrected chi connectivity index (χ1v) is 8.81. The van der Waals surface area contributed by atoms with Crippen molar-refractivity contribution in [3.8, 4) is 0 Å². The van der Waals surface area contributed by atoms with Gasteiger partial charge in [0, 0.05) is 12.6 Å². The lowest BCUT2D eigenvalue weighted by Crippen LogP contribution is -2.41. The van der Waals surface area contributed by atoms with E-state index in [1.807, 2.05) is 0 Å². The van der Waals surface area contributed by atoms with Crippen LogP contribution in [0, 0.1) is 5.92 Å². The lowest BCUT2D eigenvalue weighted by Gasteiger charge is -2.20. The van der Waals surface area contributed by atoms with Gasteiger partial charge in [0.15, 0.2) is 0 Å². The summed E-state index contributed by atoms with van der Waals surface area (Å²) < 4.78 is 30.4. The van der Waals surface area contributed by atoms with Crippen molar-refractivity contribution in [2.45, 2.75) is 31.8 Å². The lowest BCUT2D eigenvalue weighted by atomic mass is 10.0. The molecule has 0 bridgehead atoms. The Morgan fingerprint density at radius 2 is 2.18 bits per heavy atom. The summed E-state index contributed by atoms with van der Waals surface area (Å²) in [6.07, 6.45) is 5.18. The molecule has 2 rings (SSSR count). The monoisotopic (exact) mass is 351 g/mol. The van der Waals surface area contributed by atoms with Crippen molar-refractivity contribution >= 4 is 28.3 Å². The highest BCUT2D eigenvalue weighted by Gasteiger charge is 2.29. The van der Waals surface area contributed by atoms with E-state index in [-0.39, 0.29) is 36.8 Å². The van der Waals surface area contributed by atoms with Gasteiger partial charge in [-0.1, -0.05) is 6.42 Å². The van der Waals surface area contributed by atoms with Crippen molar-refractivity contribution in [2.75, 3.05) is 12.8 Å². The van der Waals surface area contributed by atoms with E-state index in [0.717, 1.165) is 25.5 Å². The van der Waals surface area contributed by atoms with Crippen LogP contribution >= 0.6 is 12.4 Å². The molecule has 1 aromatic heterocycles. The fraction of sp³-hybridized carbons (Fsp3) is 0.615. The van der Waals surface area contributed by atoms with Crippen LogP contribution in [0.1, 0.15) is 35.4 Å². The van der Waals surface area contributed by atoms with Crippen molar-refractivity contribution in [3.63, 3.8) is 0 Å². The molecule has 1 fully saturated rings. The van der Waals surface area contributed by atoms with E-state index in [9.17, 15) is 13.2 Å². The van der Waals surface area contributed by atoms with Crippen LogP contribution in [0.3, 0.4) is 0 Å². The third-order valence-electron chi connectivity index (χ3n) is 3.67. The predicted octanol–water partition coefficient (Wildman–Crippen LogP) is 0.608. The van der Waals surface area contributed by atoms with Gasteiger partial charge in [-0.15, -0.1) is 12.4 Å². The summed E-state index contributed by atoms with van der Waals surface area (Å²) >= 11 is 0. The molecule has 1 aliphatic rings. The van der Waals surface area contributed by atoms with Crippen molar-refractivity contribution in [3.05, 3.63) is 23.7 Å². The predicted molar refractivity (Wildman–Crippen MR) is 85.3 cm³/mol. The summed E-state index contributed by atoms with van der Waals surface area (Å²) in [6.45, 7) is 0.686. The van der Waals surface area contributed by atoms with Gasteiger partial charge in [-0.25, -0.2) is 13.1 Å². The zero-order chi connectivity index (χ0) is 15.5. The standard InChI is InChI=1S/C13H21N3O4S.ClH/c1-21(18,19)16-12-4-2-3-9(12)7-15-13(17)10-5-11(6-14)20-8-10;/h5,8-9,12,16H,2-4,6-7,14H2,1H3,(H,15,17);1H. The number of carbonyl (C=O) groups excluding carboxylic acids is 1. The van der Waals surface area contributed by atoms with Gasteiger partial charge in [-0.2, -0.15) is 0 Å². The van der Waals surface area contributed by atoms with E-state index >= 15 is 0 Å². The first-order valence-electron chi connectivity index (χ1n) is 6.92. The fourth-order valence-corrected chi connectivity index (χ4v) is 3.50. The Bertz CT molecular complexity index is 602. The maximum atomic E-state index is 12.0. The number of carbonyl (C=O) groups is 1. The molecule has 0 saturated heterocycles. The van der Waals surface area contributed by atoms with Crippen LogP contribution in [0.5, 0.6) is 0 Å². The SMILES string of the molecule is CS(=O)(=O)NC1CCCC1CNC(=O)c1coc(CN)c1.Cl. The molecule has 0 radical (unpaired) electrons. The van der Waals surface area contributed by atoms with Gasteiger partial charge >= 0.3 is 0 Å². The van der Waals surface area contributed by atoms with Crippen LogP contribution < -0.4 is 15.8 Å². The smallest absolute Gasteiger partial charge is 0.254 e. The Balaban J connectivity index is 0.00000242. The van der Waals surface area contributed by atoms with Crippen LogP contribution in [0.25, 0.3) is 0 Å². The van der Waals surface area contributed by atoms with Crippen molar-refractivity contribution < 1.29 is 17.6 Å². The van der Waals surface area contributed by atoms with Crippen molar-refractivity contribution in [1.82, 2.24) is 10.0 Å². The molecule has 2 unspecified atom stereocenters. The molecule has 22 heavy (non-hydrogen) atoms. The largest absolute Gasteiger partial charge is 0.467 e. The number of halogens is 1. The third kappa shape index (κ3) is 5.28. The molecule has 126 valence electrons. The minimum atomic E-state index is -3.22. The van der Waals surface area contributed by atoms with Crippen LogP contribution in [0.2, 0.25) is 0 Å². The Hall–Kier alpha value is -1.09. The average molecular weight is 352 g/mol. The highest BCUT2D eigenvalue weighted by atomic mass is 35.5. The van der Waals surface area contributed by atoms with E-state index < -0.39 is 10.0 Å². The first-order chi connectivity index (χ1) is 9.89. The molecular weight excluding hydrogens is 330 g/mol. The number of furan rings is 1. The van der Waals surface area contributed by atoms with Crippen LogP contribution in [0.4, 0.5) is 0 Å². The molecule has 1 saturated carbocycles. The second-order valence-corrected chi connectivity index (χ2v) is 7.18. The Morgan fingerprint density at radius 3 is 2.77 bits per heavy atom. The van der Waals surface area contributed by atoms with E-state index in [4.69, 9.17) is 10.2 Å². The fourth-order valence-electron chi connectivity index (χ4n) is 2.64. The minimum absolute atomic E-state index is 0. The quantitative estimate of drug-likeness (QED) is 0.694. The molecule has 0 aromatic carbocycles. The van der Waals surface area contributed by atoms with Crippen LogP contribution in [0.15, 0.2) is 16.7 Å². The molecular formula is C13H22ClN3O4S. The number of amides is 1. The van der Waals surface area contributed by atoms with E-state index in [2.05, 4.69) is 10.0 Å². The molecule has 2 atom stereocenters.